The van der Waals surface area contributed by atoms with Crippen LogP contribution in [-0.4, -0.2) is 31.7 Å². The number of ether oxygens (including phenoxy) is 2. The van der Waals surface area contributed by atoms with Gasteiger partial charge < -0.3 is 14.4 Å². The van der Waals surface area contributed by atoms with E-state index in [1.54, 1.807) is 0 Å². The van der Waals surface area contributed by atoms with E-state index in [1.807, 2.05) is 67.4 Å². The summed E-state index contributed by atoms with van der Waals surface area (Å²) in [5.74, 6) is 0.865. The number of carbonyl (C=O) groups is 1. The van der Waals surface area contributed by atoms with Crippen molar-refractivity contribution < 1.29 is 14.3 Å². The summed E-state index contributed by atoms with van der Waals surface area (Å²) in [5.41, 5.74) is 1.09. The zero-order chi connectivity index (χ0) is 16.7. The van der Waals surface area contributed by atoms with Gasteiger partial charge in [0.25, 0.3) is 0 Å². The lowest BCUT2D eigenvalue weighted by Gasteiger charge is -2.21. The van der Waals surface area contributed by atoms with Gasteiger partial charge in [-0.15, -0.1) is 0 Å². The van der Waals surface area contributed by atoms with Gasteiger partial charge in [0.05, 0.1) is 13.0 Å². The molecule has 0 saturated carbocycles. The molecule has 0 aliphatic carbocycles. The monoisotopic (exact) mass is 314 g/mol. The molecule has 122 valence electrons. The van der Waals surface area contributed by atoms with Crippen molar-refractivity contribution in [1.29, 1.82) is 0 Å². The summed E-state index contributed by atoms with van der Waals surface area (Å²) >= 11 is 0. The van der Waals surface area contributed by atoms with Crippen LogP contribution < -0.4 is 9.64 Å². The predicted octanol–water partition coefficient (Wildman–Crippen LogP) is 2.91. The van der Waals surface area contributed by atoms with Gasteiger partial charge in [-0.3, -0.25) is 4.79 Å². The molecule has 2 aromatic rings. The molecular weight excluding hydrogens is 292 g/mol. The van der Waals surface area contributed by atoms with Crippen molar-refractivity contribution in [3.8, 4) is 5.88 Å². The van der Waals surface area contributed by atoms with Crippen molar-refractivity contribution in [2.75, 3.05) is 25.6 Å². The van der Waals surface area contributed by atoms with Crippen molar-refractivity contribution in [2.45, 2.75) is 13.5 Å². The maximum atomic E-state index is 11.5. The first kappa shape index (κ1) is 16.8. The van der Waals surface area contributed by atoms with Crippen molar-refractivity contribution in [3.05, 3.63) is 54.1 Å². The summed E-state index contributed by atoms with van der Waals surface area (Å²) in [6, 6.07) is 15.5. The van der Waals surface area contributed by atoms with E-state index in [9.17, 15) is 4.79 Å². The Morgan fingerprint density at radius 3 is 2.61 bits per heavy atom. The second-order valence-corrected chi connectivity index (χ2v) is 5.41. The molecule has 0 fully saturated rings. The summed E-state index contributed by atoms with van der Waals surface area (Å²) in [6.07, 6.45) is 0. The molecule has 5 nitrogen and oxygen atoms in total. The molecule has 0 amide bonds. The number of benzene rings is 1. The van der Waals surface area contributed by atoms with Gasteiger partial charge in [0.2, 0.25) is 5.88 Å². The Bertz CT molecular complexity index is 631. The van der Waals surface area contributed by atoms with E-state index in [0.29, 0.717) is 19.0 Å². The van der Waals surface area contributed by atoms with Gasteiger partial charge in [-0.25, -0.2) is 0 Å². The van der Waals surface area contributed by atoms with Crippen LogP contribution in [0, 0.1) is 5.92 Å². The third kappa shape index (κ3) is 4.98. The highest BCUT2D eigenvalue weighted by Gasteiger charge is 2.16. The average molecular weight is 314 g/mol. The maximum Gasteiger partial charge on any atom is 0.310 e. The topological polar surface area (TPSA) is 51.7 Å². The third-order valence-corrected chi connectivity index (χ3v) is 3.48. The van der Waals surface area contributed by atoms with Crippen LogP contribution in [0.25, 0.3) is 0 Å². The van der Waals surface area contributed by atoms with Crippen LogP contribution in [0.4, 0.5) is 5.82 Å². The SMILES string of the molecule is COC(=O)C(C)CN(C)c1cccc(OCc2ccccc2)n1. The number of nitrogens with zero attached hydrogens (tertiary/aromatic N) is 2. The highest BCUT2D eigenvalue weighted by molar-refractivity contribution is 5.72. The molecular formula is C18H22N2O3. The van der Waals surface area contributed by atoms with Crippen LogP contribution in [0.1, 0.15) is 12.5 Å². The number of hydrogen-bond donors (Lipinski definition) is 0. The summed E-state index contributed by atoms with van der Waals surface area (Å²) in [6.45, 7) is 2.83. The lowest BCUT2D eigenvalue weighted by atomic mass is 10.2. The average Bonchev–Trinajstić information content (AvgIpc) is 2.60. The molecule has 0 saturated heterocycles. The molecule has 0 aliphatic rings. The third-order valence-electron chi connectivity index (χ3n) is 3.48. The summed E-state index contributed by atoms with van der Waals surface area (Å²) in [5, 5.41) is 0. The number of hydrogen-bond acceptors (Lipinski definition) is 5. The molecule has 0 N–H and O–H groups in total. The summed E-state index contributed by atoms with van der Waals surface area (Å²) in [7, 11) is 3.29. The van der Waals surface area contributed by atoms with Gasteiger partial charge in [-0.1, -0.05) is 43.3 Å². The van der Waals surface area contributed by atoms with Crippen LogP contribution in [0.3, 0.4) is 0 Å². The number of rotatable bonds is 7. The van der Waals surface area contributed by atoms with E-state index in [4.69, 9.17) is 9.47 Å². The number of esters is 1. The highest BCUT2D eigenvalue weighted by atomic mass is 16.5. The molecule has 1 aromatic heterocycles. The van der Waals surface area contributed by atoms with Crippen LogP contribution in [0.2, 0.25) is 0 Å². The molecule has 1 unspecified atom stereocenters. The molecule has 0 spiro atoms. The fourth-order valence-electron chi connectivity index (χ4n) is 2.21. The van der Waals surface area contributed by atoms with Crippen molar-refractivity contribution in [3.63, 3.8) is 0 Å². The molecule has 1 atom stereocenters. The smallest absolute Gasteiger partial charge is 0.310 e. The molecule has 23 heavy (non-hydrogen) atoms. The van der Waals surface area contributed by atoms with Crippen molar-refractivity contribution >= 4 is 11.8 Å². The Labute approximate surface area is 136 Å². The maximum absolute atomic E-state index is 11.5. The quantitative estimate of drug-likeness (QED) is 0.736. The lowest BCUT2D eigenvalue weighted by molar-refractivity contribution is -0.144. The zero-order valence-electron chi connectivity index (χ0n) is 13.7. The zero-order valence-corrected chi connectivity index (χ0v) is 13.7. The minimum atomic E-state index is -0.228. The van der Waals surface area contributed by atoms with Crippen molar-refractivity contribution in [1.82, 2.24) is 4.98 Å². The first-order valence-corrected chi connectivity index (χ1v) is 7.53. The number of anilines is 1. The molecule has 1 heterocycles. The van der Waals surface area contributed by atoms with Gasteiger partial charge >= 0.3 is 5.97 Å². The Balaban J connectivity index is 1.97. The van der Waals surface area contributed by atoms with Gasteiger partial charge in [-0.05, 0) is 11.6 Å². The largest absolute Gasteiger partial charge is 0.473 e. The second kappa shape index (κ2) is 8.17. The fraction of sp³-hybridized carbons (Fsp3) is 0.333. The Hall–Kier alpha value is -2.56. The van der Waals surface area contributed by atoms with E-state index in [2.05, 4.69) is 4.98 Å². The first-order chi connectivity index (χ1) is 11.1. The van der Waals surface area contributed by atoms with Gasteiger partial charge in [0.15, 0.2) is 0 Å². The van der Waals surface area contributed by atoms with E-state index >= 15 is 0 Å². The molecule has 5 heteroatoms. The highest BCUT2D eigenvalue weighted by Crippen LogP contribution is 2.17. The van der Waals surface area contributed by atoms with Gasteiger partial charge in [0.1, 0.15) is 12.4 Å². The number of carbonyl (C=O) groups excluding carboxylic acids is 1. The van der Waals surface area contributed by atoms with E-state index in [-0.39, 0.29) is 11.9 Å². The van der Waals surface area contributed by atoms with Crippen LogP contribution in [-0.2, 0) is 16.1 Å². The van der Waals surface area contributed by atoms with Crippen LogP contribution >= 0.6 is 0 Å². The summed E-state index contributed by atoms with van der Waals surface area (Å²) < 4.78 is 10.5. The minimum Gasteiger partial charge on any atom is -0.473 e. The second-order valence-electron chi connectivity index (χ2n) is 5.41. The van der Waals surface area contributed by atoms with Gasteiger partial charge in [0, 0.05) is 19.7 Å². The Morgan fingerprint density at radius 2 is 1.91 bits per heavy atom. The predicted molar refractivity (Wildman–Crippen MR) is 89.5 cm³/mol. The van der Waals surface area contributed by atoms with E-state index < -0.39 is 0 Å². The van der Waals surface area contributed by atoms with Crippen LogP contribution in [0.15, 0.2) is 48.5 Å². The normalized spacial score (nSPS) is 11.6. The van der Waals surface area contributed by atoms with E-state index in [1.165, 1.54) is 7.11 Å². The molecule has 0 aliphatic heterocycles. The molecule has 1 aromatic carbocycles. The fourth-order valence-corrected chi connectivity index (χ4v) is 2.21. The number of pyridine rings is 1. The summed E-state index contributed by atoms with van der Waals surface area (Å²) in [4.78, 5) is 17.9. The molecule has 0 radical (unpaired) electrons. The van der Waals surface area contributed by atoms with Crippen molar-refractivity contribution in [2.24, 2.45) is 5.92 Å². The van der Waals surface area contributed by atoms with Crippen LogP contribution in [0.5, 0.6) is 5.88 Å². The molecule has 0 bridgehead atoms. The molecule has 2 rings (SSSR count). The number of methoxy groups -OCH3 is 1. The van der Waals surface area contributed by atoms with Gasteiger partial charge in [-0.2, -0.15) is 4.98 Å². The van der Waals surface area contributed by atoms with E-state index in [0.717, 1.165) is 11.4 Å². The minimum absolute atomic E-state index is 0.222. The standard InChI is InChI=1S/C18H22N2O3/c1-14(18(21)22-3)12-20(2)16-10-7-11-17(19-16)23-13-15-8-5-4-6-9-15/h4-11,14H,12-13H2,1-3H3. The Kier molecular flexibility index (Phi) is 5.97. The first-order valence-electron chi connectivity index (χ1n) is 7.53. The lowest BCUT2D eigenvalue weighted by Crippen LogP contribution is -2.29. The number of aromatic nitrogens is 1. The Morgan fingerprint density at radius 1 is 1.17 bits per heavy atom.